The standard InChI is InChI=1S/C12H13BrN2.C4H4O4/c13-12-3-11(6-15-7-12)8-1-9-4-14-5-10(9)2-8;5-3(6)1-2-4(7)8/h1,3,6-7,9-10,14H,2,4-5H2;1-2H,(H,5,6)(H,7,8)/b;2-1+/t9-,10+;/m0./s1. The van der Waals surface area contributed by atoms with Crippen LogP contribution in [0.1, 0.15) is 12.0 Å². The Balaban J connectivity index is 0.000000207. The molecule has 3 rings (SSSR count). The van der Waals surface area contributed by atoms with Gasteiger partial charge in [0.1, 0.15) is 0 Å². The van der Waals surface area contributed by atoms with E-state index in [4.69, 9.17) is 10.2 Å². The third kappa shape index (κ3) is 5.30. The molecule has 3 N–H and O–H groups in total. The Morgan fingerprint density at radius 3 is 2.48 bits per heavy atom. The molecule has 1 saturated heterocycles. The fourth-order valence-electron chi connectivity index (χ4n) is 2.73. The van der Waals surface area contributed by atoms with Crippen molar-refractivity contribution in [3.05, 3.63) is 46.7 Å². The van der Waals surface area contributed by atoms with Crippen LogP contribution in [0.15, 0.2) is 41.2 Å². The van der Waals surface area contributed by atoms with E-state index in [9.17, 15) is 9.59 Å². The summed E-state index contributed by atoms with van der Waals surface area (Å²) in [4.78, 5) is 23.3. The highest BCUT2D eigenvalue weighted by Crippen LogP contribution is 2.38. The van der Waals surface area contributed by atoms with E-state index in [2.05, 4.69) is 38.4 Å². The molecule has 1 aromatic heterocycles. The Morgan fingerprint density at radius 1 is 1.22 bits per heavy atom. The van der Waals surface area contributed by atoms with Gasteiger partial charge in [-0.05, 0) is 57.9 Å². The number of hydrogen-bond donors (Lipinski definition) is 3. The molecule has 0 unspecified atom stereocenters. The number of carbonyl (C=O) groups is 2. The molecule has 23 heavy (non-hydrogen) atoms. The zero-order valence-corrected chi connectivity index (χ0v) is 13.9. The fourth-order valence-corrected chi connectivity index (χ4v) is 3.09. The molecule has 0 bridgehead atoms. The van der Waals surface area contributed by atoms with Crippen LogP contribution in [0.2, 0.25) is 0 Å². The number of aliphatic carboxylic acids is 2. The number of aromatic nitrogens is 1. The average Bonchev–Trinajstić information content (AvgIpc) is 3.07. The number of carboxylic acids is 2. The van der Waals surface area contributed by atoms with Gasteiger partial charge in [-0.1, -0.05) is 6.08 Å². The van der Waals surface area contributed by atoms with E-state index < -0.39 is 11.9 Å². The van der Waals surface area contributed by atoms with Crippen molar-refractivity contribution in [3.8, 4) is 0 Å². The molecule has 6 nitrogen and oxygen atoms in total. The summed E-state index contributed by atoms with van der Waals surface area (Å²) in [6.07, 6.45) is 8.54. The number of carboxylic acid groups (broad SMARTS) is 2. The van der Waals surface area contributed by atoms with E-state index in [0.717, 1.165) is 22.9 Å². The highest BCUT2D eigenvalue weighted by atomic mass is 79.9. The van der Waals surface area contributed by atoms with Crippen molar-refractivity contribution in [3.63, 3.8) is 0 Å². The molecule has 7 heteroatoms. The summed E-state index contributed by atoms with van der Waals surface area (Å²) >= 11 is 3.47. The lowest BCUT2D eigenvalue weighted by atomic mass is 9.99. The Kier molecular flexibility index (Phi) is 6.06. The molecule has 0 aromatic carbocycles. The molecule has 0 spiro atoms. The van der Waals surface area contributed by atoms with Gasteiger partial charge in [0.2, 0.25) is 0 Å². The van der Waals surface area contributed by atoms with Crippen molar-refractivity contribution >= 4 is 33.4 Å². The Morgan fingerprint density at radius 2 is 1.91 bits per heavy atom. The van der Waals surface area contributed by atoms with Crippen LogP contribution in [0.25, 0.3) is 5.57 Å². The lowest BCUT2D eigenvalue weighted by Crippen LogP contribution is -2.09. The van der Waals surface area contributed by atoms with Crippen LogP contribution in [-0.4, -0.2) is 40.2 Å². The summed E-state index contributed by atoms with van der Waals surface area (Å²) < 4.78 is 1.07. The van der Waals surface area contributed by atoms with Gasteiger partial charge in [-0.3, -0.25) is 4.98 Å². The smallest absolute Gasteiger partial charge is 0.328 e. The molecule has 1 aliphatic heterocycles. The van der Waals surface area contributed by atoms with Crippen LogP contribution < -0.4 is 5.32 Å². The average molecular weight is 381 g/mol. The molecule has 1 aromatic rings. The van der Waals surface area contributed by atoms with Gasteiger partial charge in [0, 0.05) is 35.6 Å². The van der Waals surface area contributed by atoms with Gasteiger partial charge in [0.05, 0.1) is 0 Å². The summed E-state index contributed by atoms with van der Waals surface area (Å²) in [7, 11) is 0. The monoisotopic (exact) mass is 380 g/mol. The van der Waals surface area contributed by atoms with Crippen LogP contribution in [0, 0.1) is 11.8 Å². The molecule has 2 heterocycles. The summed E-state index contributed by atoms with van der Waals surface area (Å²) in [5.41, 5.74) is 2.75. The molecular formula is C16H17BrN2O4. The first-order valence-electron chi connectivity index (χ1n) is 7.12. The van der Waals surface area contributed by atoms with Crippen molar-refractivity contribution in [2.24, 2.45) is 11.8 Å². The van der Waals surface area contributed by atoms with Crippen LogP contribution in [-0.2, 0) is 9.59 Å². The van der Waals surface area contributed by atoms with E-state index in [1.54, 1.807) is 0 Å². The zero-order valence-electron chi connectivity index (χ0n) is 12.3. The minimum Gasteiger partial charge on any atom is -0.478 e. The summed E-state index contributed by atoms with van der Waals surface area (Å²) in [5, 5.41) is 19.1. The predicted molar refractivity (Wildman–Crippen MR) is 88.8 cm³/mol. The van der Waals surface area contributed by atoms with Gasteiger partial charge in [-0.15, -0.1) is 0 Å². The van der Waals surface area contributed by atoms with Gasteiger partial charge in [0.25, 0.3) is 0 Å². The highest BCUT2D eigenvalue weighted by molar-refractivity contribution is 9.10. The van der Waals surface area contributed by atoms with Crippen molar-refractivity contribution in [1.82, 2.24) is 10.3 Å². The van der Waals surface area contributed by atoms with E-state index in [0.29, 0.717) is 12.2 Å². The van der Waals surface area contributed by atoms with E-state index in [-0.39, 0.29) is 0 Å². The highest BCUT2D eigenvalue weighted by Gasteiger charge is 2.31. The number of rotatable bonds is 3. The molecule has 0 radical (unpaired) electrons. The molecule has 0 amide bonds. The molecule has 1 aliphatic carbocycles. The Labute approximate surface area is 142 Å². The lowest BCUT2D eigenvalue weighted by Gasteiger charge is -2.06. The van der Waals surface area contributed by atoms with Crippen LogP contribution in [0.5, 0.6) is 0 Å². The molecule has 2 aliphatic rings. The lowest BCUT2D eigenvalue weighted by molar-refractivity contribution is -0.134. The molecular weight excluding hydrogens is 364 g/mol. The minimum atomic E-state index is -1.26. The Hall–Kier alpha value is -1.99. The third-order valence-corrected chi connectivity index (χ3v) is 4.17. The second kappa shape index (κ2) is 8.03. The number of fused-ring (bicyclic) bond motifs is 1. The van der Waals surface area contributed by atoms with E-state index in [1.165, 1.54) is 24.1 Å². The predicted octanol–water partition coefficient (Wildman–Crippen LogP) is 2.18. The summed E-state index contributed by atoms with van der Waals surface area (Å²) in [6.45, 7) is 2.32. The molecule has 122 valence electrons. The minimum absolute atomic E-state index is 0.558. The molecule has 0 saturated carbocycles. The summed E-state index contributed by atoms with van der Waals surface area (Å²) in [6, 6.07) is 2.16. The van der Waals surface area contributed by atoms with Gasteiger partial charge in [0.15, 0.2) is 0 Å². The first-order chi connectivity index (χ1) is 11.0. The zero-order chi connectivity index (χ0) is 16.8. The van der Waals surface area contributed by atoms with Crippen LogP contribution in [0.3, 0.4) is 0 Å². The third-order valence-electron chi connectivity index (χ3n) is 3.73. The van der Waals surface area contributed by atoms with Crippen molar-refractivity contribution in [1.29, 1.82) is 0 Å². The van der Waals surface area contributed by atoms with E-state index in [1.807, 2.05) is 12.4 Å². The quantitative estimate of drug-likeness (QED) is 0.695. The maximum Gasteiger partial charge on any atom is 0.328 e. The van der Waals surface area contributed by atoms with Gasteiger partial charge >= 0.3 is 11.9 Å². The normalized spacial score (nSPS) is 22.2. The topological polar surface area (TPSA) is 99.5 Å². The van der Waals surface area contributed by atoms with E-state index >= 15 is 0 Å². The second-order valence-corrected chi connectivity index (χ2v) is 6.30. The van der Waals surface area contributed by atoms with Crippen molar-refractivity contribution in [2.45, 2.75) is 6.42 Å². The number of nitrogens with zero attached hydrogens (tertiary/aromatic N) is 1. The SMILES string of the molecule is Brc1cncc(C2=C[C@H]3CNC[C@H]3C2)c1.O=C(O)/C=C/C(=O)O. The first kappa shape index (κ1) is 17.4. The largest absolute Gasteiger partial charge is 0.478 e. The first-order valence-corrected chi connectivity index (χ1v) is 7.91. The number of allylic oxidation sites excluding steroid dienone is 1. The number of pyridine rings is 1. The molecule has 2 atom stereocenters. The fraction of sp³-hybridized carbons (Fsp3) is 0.312. The van der Waals surface area contributed by atoms with Crippen molar-refractivity contribution in [2.75, 3.05) is 13.1 Å². The number of nitrogens with one attached hydrogen (secondary N) is 1. The second-order valence-electron chi connectivity index (χ2n) is 5.38. The van der Waals surface area contributed by atoms with Crippen LogP contribution >= 0.6 is 15.9 Å². The van der Waals surface area contributed by atoms with Crippen LogP contribution in [0.4, 0.5) is 0 Å². The molecule has 1 fully saturated rings. The number of hydrogen-bond acceptors (Lipinski definition) is 4. The van der Waals surface area contributed by atoms with Crippen molar-refractivity contribution < 1.29 is 19.8 Å². The maximum atomic E-state index is 9.55. The van der Waals surface area contributed by atoms with Gasteiger partial charge < -0.3 is 15.5 Å². The summed E-state index contributed by atoms with van der Waals surface area (Å²) in [5.74, 6) is -0.947. The van der Waals surface area contributed by atoms with Gasteiger partial charge in [-0.2, -0.15) is 0 Å². The Bertz CT molecular complexity index is 641. The van der Waals surface area contributed by atoms with Gasteiger partial charge in [-0.25, -0.2) is 9.59 Å². The number of halogens is 1. The maximum absolute atomic E-state index is 9.55.